The van der Waals surface area contributed by atoms with Crippen LogP contribution in [0.5, 0.6) is 0 Å². The van der Waals surface area contributed by atoms with E-state index in [-0.39, 0.29) is 0 Å². The van der Waals surface area contributed by atoms with Gasteiger partial charge in [0, 0.05) is 4.90 Å². The first-order valence-corrected chi connectivity index (χ1v) is 7.70. The number of aryl methyl sites for hydroxylation is 1. The predicted molar refractivity (Wildman–Crippen MR) is 73.3 cm³/mol. The number of carbonyl (C=O) groups is 1. The van der Waals surface area contributed by atoms with Crippen LogP contribution in [0.4, 0.5) is 0 Å². The predicted octanol–water partition coefficient (Wildman–Crippen LogP) is 3.62. The Morgan fingerprint density at radius 3 is 2.72 bits per heavy atom. The first-order valence-electron chi connectivity index (χ1n) is 6.72. The van der Waals surface area contributed by atoms with Crippen LogP contribution in [-0.4, -0.2) is 16.8 Å². The van der Waals surface area contributed by atoms with Gasteiger partial charge in [-0.15, -0.1) is 11.8 Å². The second kappa shape index (κ2) is 4.61. The molecule has 18 heavy (non-hydrogen) atoms. The summed E-state index contributed by atoms with van der Waals surface area (Å²) in [4.78, 5) is 13.0. The first kappa shape index (κ1) is 12.1. The van der Waals surface area contributed by atoms with Crippen molar-refractivity contribution >= 4 is 17.7 Å². The van der Waals surface area contributed by atoms with Crippen molar-refractivity contribution in [2.45, 2.75) is 48.8 Å². The van der Waals surface area contributed by atoms with Crippen molar-refractivity contribution in [2.75, 3.05) is 5.75 Å². The number of carboxylic acids is 1. The fraction of sp³-hybridized carbons (Fsp3) is 0.533. The third kappa shape index (κ3) is 1.85. The number of hydrogen-bond donors (Lipinski definition) is 1. The van der Waals surface area contributed by atoms with Crippen molar-refractivity contribution in [1.29, 1.82) is 0 Å². The van der Waals surface area contributed by atoms with Crippen LogP contribution >= 0.6 is 11.8 Å². The minimum absolute atomic E-state index is 0.600. The van der Waals surface area contributed by atoms with E-state index >= 15 is 0 Å². The Morgan fingerprint density at radius 2 is 2.00 bits per heavy atom. The summed E-state index contributed by atoms with van der Waals surface area (Å²) in [7, 11) is 0. The smallest absolute Gasteiger partial charge is 0.314 e. The highest BCUT2D eigenvalue weighted by Crippen LogP contribution is 2.43. The van der Waals surface area contributed by atoms with Crippen LogP contribution in [0.2, 0.25) is 0 Å². The number of thioether (sulfide) groups is 1. The number of hydrogen-bond acceptors (Lipinski definition) is 2. The average Bonchev–Trinajstić information content (AvgIpc) is 2.89. The van der Waals surface area contributed by atoms with Crippen molar-refractivity contribution in [3.8, 4) is 0 Å². The van der Waals surface area contributed by atoms with Gasteiger partial charge >= 0.3 is 5.97 Å². The van der Waals surface area contributed by atoms with Gasteiger partial charge in [-0.1, -0.05) is 25.0 Å². The van der Waals surface area contributed by atoms with Crippen LogP contribution in [-0.2, 0) is 16.6 Å². The first-order chi connectivity index (χ1) is 8.72. The van der Waals surface area contributed by atoms with Crippen LogP contribution in [0, 0.1) is 0 Å². The van der Waals surface area contributed by atoms with Crippen LogP contribution in [0.3, 0.4) is 0 Å². The third-order valence-corrected chi connectivity index (χ3v) is 5.53. The zero-order chi connectivity index (χ0) is 12.6. The summed E-state index contributed by atoms with van der Waals surface area (Å²) >= 11 is 1.90. The van der Waals surface area contributed by atoms with Crippen molar-refractivity contribution < 1.29 is 9.90 Å². The lowest BCUT2D eigenvalue weighted by Gasteiger charge is -2.26. The van der Waals surface area contributed by atoms with Gasteiger partial charge in [0.15, 0.2) is 0 Å². The summed E-state index contributed by atoms with van der Waals surface area (Å²) in [5.41, 5.74) is 1.79. The highest BCUT2D eigenvalue weighted by Gasteiger charge is 2.43. The Morgan fingerprint density at radius 1 is 1.22 bits per heavy atom. The quantitative estimate of drug-likeness (QED) is 0.884. The molecule has 1 aromatic rings. The van der Waals surface area contributed by atoms with Crippen molar-refractivity contribution in [1.82, 2.24) is 0 Å². The Balaban J connectivity index is 2.02. The molecular weight excluding hydrogens is 244 g/mol. The zero-order valence-corrected chi connectivity index (χ0v) is 11.3. The molecule has 0 radical (unpaired) electrons. The molecule has 0 spiro atoms. The maximum atomic E-state index is 11.7. The maximum Gasteiger partial charge on any atom is 0.314 e. The normalized spacial score (nSPS) is 21.6. The molecule has 0 bridgehead atoms. The molecule has 0 atom stereocenters. The molecule has 0 saturated heterocycles. The second-order valence-corrected chi connectivity index (χ2v) is 6.51. The Kier molecular flexibility index (Phi) is 3.10. The van der Waals surface area contributed by atoms with Crippen molar-refractivity contribution in [2.24, 2.45) is 0 Å². The molecule has 2 nitrogen and oxygen atoms in total. The summed E-state index contributed by atoms with van der Waals surface area (Å²) in [5, 5.41) is 9.62. The minimum atomic E-state index is -0.636. The van der Waals surface area contributed by atoms with E-state index in [1.54, 1.807) is 0 Å². The third-order valence-electron chi connectivity index (χ3n) is 4.33. The number of benzene rings is 1. The Bertz CT molecular complexity index is 475. The molecule has 1 aliphatic carbocycles. The Hall–Kier alpha value is -0.960. The van der Waals surface area contributed by atoms with E-state index < -0.39 is 11.4 Å². The highest BCUT2D eigenvalue weighted by atomic mass is 32.2. The molecular formula is C15H18O2S. The van der Waals surface area contributed by atoms with Gasteiger partial charge in [-0.25, -0.2) is 0 Å². The largest absolute Gasteiger partial charge is 0.481 e. The molecule has 0 aromatic heterocycles. The summed E-state index contributed by atoms with van der Waals surface area (Å²) in [6.45, 7) is 0. The summed E-state index contributed by atoms with van der Waals surface area (Å²) in [5.74, 6) is 0.555. The molecule has 0 amide bonds. The van der Waals surface area contributed by atoms with Gasteiger partial charge in [-0.2, -0.15) is 0 Å². The lowest BCUT2D eigenvalue weighted by molar-refractivity contribution is -0.143. The van der Waals surface area contributed by atoms with Crippen molar-refractivity contribution in [3.63, 3.8) is 0 Å². The van der Waals surface area contributed by atoms with E-state index in [4.69, 9.17) is 0 Å². The topological polar surface area (TPSA) is 37.3 Å². The van der Waals surface area contributed by atoms with Crippen LogP contribution in [0.15, 0.2) is 23.1 Å². The van der Waals surface area contributed by atoms with E-state index in [0.29, 0.717) is 0 Å². The van der Waals surface area contributed by atoms with Gasteiger partial charge in [0.2, 0.25) is 0 Å². The molecule has 1 fully saturated rings. The van der Waals surface area contributed by atoms with E-state index in [1.807, 2.05) is 11.8 Å². The molecule has 2 aliphatic rings. The van der Waals surface area contributed by atoms with Gasteiger partial charge in [0.25, 0.3) is 0 Å². The number of fused-ring (bicyclic) bond motifs is 1. The fourth-order valence-electron chi connectivity index (χ4n) is 3.26. The average molecular weight is 262 g/mol. The van der Waals surface area contributed by atoms with Gasteiger partial charge in [-0.3, -0.25) is 4.79 Å². The molecule has 1 aliphatic heterocycles. The van der Waals surface area contributed by atoms with Crippen molar-refractivity contribution in [3.05, 3.63) is 29.3 Å². The highest BCUT2D eigenvalue weighted by molar-refractivity contribution is 7.99. The van der Waals surface area contributed by atoms with Gasteiger partial charge in [-0.05, 0) is 48.6 Å². The van der Waals surface area contributed by atoms with E-state index in [9.17, 15) is 9.90 Å². The van der Waals surface area contributed by atoms with Gasteiger partial charge < -0.3 is 5.11 Å². The Labute approximate surface area is 112 Å². The number of rotatable bonds is 2. The summed E-state index contributed by atoms with van der Waals surface area (Å²) in [6, 6.07) is 6.36. The van der Waals surface area contributed by atoms with Crippen LogP contribution in [0.1, 0.15) is 43.2 Å². The molecule has 1 saturated carbocycles. The molecule has 1 N–H and O–H groups in total. The summed E-state index contributed by atoms with van der Waals surface area (Å²) in [6.07, 6.45) is 5.99. The molecule has 3 heteroatoms. The molecule has 96 valence electrons. The van der Waals surface area contributed by atoms with Gasteiger partial charge in [0.1, 0.15) is 0 Å². The molecule has 1 aromatic carbocycles. The number of aliphatic carboxylic acids is 1. The lowest BCUT2D eigenvalue weighted by Crippen LogP contribution is -2.32. The molecule has 1 heterocycles. The minimum Gasteiger partial charge on any atom is -0.481 e. The standard InChI is InChI=1S/C15H18O2S/c16-14(17)15(7-1-2-8-15)12-5-6-13-11(10-12)4-3-9-18-13/h5-6,10H,1-4,7-9H2,(H,16,17). The fourth-order valence-corrected chi connectivity index (χ4v) is 4.28. The molecule has 0 unspecified atom stereocenters. The van der Waals surface area contributed by atoms with E-state index in [0.717, 1.165) is 37.7 Å². The van der Waals surface area contributed by atoms with Gasteiger partial charge in [0.05, 0.1) is 5.41 Å². The van der Waals surface area contributed by atoms with E-state index in [2.05, 4.69) is 18.2 Å². The summed E-state index contributed by atoms with van der Waals surface area (Å²) < 4.78 is 0. The maximum absolute atomic E-state index is 11.7. The zero-order valence-electron chi connectivity index (χ0n) is 10.4. The lowest BCUT2D eigenvalue weighted by atomic mass is 9.78. The van der Waals surface area contributed by atoms with Crippen LogP contribution < -0.4 is 0 Å². The number of carboxylic acid groups (broad SMARTS) is 1. The second-order valence-electron chi connectivity index (χ2n) is 5.37. The molecule has 3 rings (SSSR count). The monoisotopic (exact) mass is 262 g/mol. The van der Waals surface area contributed by atoms with E-state index in [1.165, 1.54) is 22.6 Å². The SMILES string of the molecule is O=C(O)C1(c2ccc3c(c2)CCCS3)CCCC1. The van der Waals surface area contributed by atoms with Crippen LogP contribution in [0.25, 0.3) is 0 Å².